The molecular formula is C34H31NO7. The number of carbonyl (C=O) groups excluding carboxylic acids is 2. The molecule has 5 rings (SSSR count). The van der Waals surface area contributed by atoms with Crippen molar-refractivity contribution in [1.82, 2.24) is 4.98 Å². The van der Waals surface area contributed by atoms with Gasteiger partial charge >= 0.3 is 11.9 Å². The number of esters is 2. The van der Waals surface area contributed by atoms with E-state index in [-0.39, 0.29) is 13.4 Å². The van der Waals surface area contributed by atoms with Gasteiger partial charge in [0.15, 0.2) is 6.79 Å². The number of nitrogens with zero attached hydrogens (tertiary/aromatic N) is 1. The second kappa shape index (κ2) is 13.2. The van der Waals surface area contributed by atoms with Crippen molar-refractivity contribution in [3.05, 3.63) is 113 Å². The lowest BCUT2D eigenvalue weighted by atomic mass is 10.0. The quantitative estimate of drug-likeness (QED) is 0.0583. The molecule has 4 aromatic carbocycles. The van der Waals surface area contributed by atoms with Gasteiger partial charge in [-0.1, -0.05) is 48.5 Å². The number of aryl methyl sites for hydroxylation is 2. The van der Waals surface area contributed by atoms with E-state index in [4.69, 9.17) is 28.7 Å². The van der Waals surface area contributed by atoms with Gasteiger partial charge in [-0.25, -0.2) is 14.6 Å². The molecule has 8 nitrogen and oxygen atoms in total. The van der Waals surface area contributed by atoms with Gasteiger partial charge in [0.25, 0.3) is 0 Å². The highest BCUT2D eigenvalue weighted by Gasteiger charge is 2.21. The van der Waals surface area contributed by atoms with E-state index in [1.54, 1.807) is 51.3 Å². The number of carbonyl (C=O) groups is 2. The lowest BCUT2D eigenvalue weighted by molar-refractivity contribution is -0.00841. The number of fused-ring (bicyclic) bond motifs is 2. The second-order valence-electron chi connectivity index (χ2n) is 9.74. The van der Waals surface area contributed by atoms with Gasteiger partial charge in [-0.2, -0.15) is 0 Å². The topological polar surface area (TPSA) is 93.2 Å². The molecule has 0 aliphatic heterocycles. The molecule has 0 N–H and O–H groups in total. The molecule has 0 unspecified atom stereocenters. The third-order valence-corrected chi connectivity index (χ3v) is 6.70. The number of benzene rings is 4. The van der Waals surface area contributed by atoms with Crippen molar-refractivity contribution in [3.8, 4) is 11.5 Å². The van der Waals surface area contributed by atoms with Crippen LogP contribution in [0.25, 0.3) is 21.8 Å². The van der Waals surface area contributed by atoms with Gasteiger partial charge in [0, 0.05) is 17.9 Å². The summed E-state index contributed by atoms with van der Waals surface area (Å²) in [6.45, 7) is 4.65. The molecule has 0 aliphatic rings. The Morgan fingerprint density at radius 2 is 1.48 bits per heavy atom. The van der Waals surface area contributed by atoms with E-state index in [9.17, 15) is 9.59 Å². The SMILES string of the molecule is COCCOCOc1ccc2nc3ccccc3c(C(=O)Oc3c(C)cc(C(=O)OCc4ccccc4)cc3C)c2c1. The van der Waals surface area contributed by atoms with Crippen LogP contribution < -0.4 is 9.47 Å². The molecule has 1 aromatic heterocycles. The largest absolute Gasteiger partial charge is 0.468 e. The fourth-order valence-electron chi connectivity index (χ4n) is 4.67. The Morgan fingerprint density at radius 1 is 0.762 bits per heavy atom. The van der Waals surface area contributed by atoms with Crippen LogP contribution in [0.3, 0.4) is 0 Å². The van der Waals surface area contributed by atoms with E-state index in [1.807, 2.05) is 54.6 Å². The molecular weight excluding hydrogens is 534 g/mol. The highest BCUT2D eigenvalue weighted by molar-refractivity contribution is 6.15. The minimum atomic E-state index is -0.544. The summed E-state index contributed by atoms with van der Waals surface area (Å²) < 4.78 is 27.6. The minimum Gasteiger partial charge on any atom is -0.468 e. The third kappa shape index (κ3) is 6.57. The first-order chi connectivity index (χ1) is 20.4. The van der Waals surface area contributed by atoms with Gasteiger partial charge in [-0.05, 0) is 66.9 Å². The molecule has 42 heavy (non-hydrogen) atoms. The molecule has 0 fully saturated rings. The van der Waals surface area contributed by atoms with Crippen molar-refractivity contribution >= 4 is 33.7 Å². The monoisotopic (exact) mass is 565 g/mol. The van der Waals surface area contributed by atoms with Crippen LogP contribution in [-0.2, 0) is 20.8 Å². The number of rotatable bonds is 11. The molecule has 0 radical (unpaired) electrons. The van der Waals surface area contributed by atoms with E-state index in [2.05, 4.69) is 0 Å². The standard InChI is InChI=1S/C34H31NO7/c1-22-17-25(33(36)40-20-24-9-5-4-6-10-24)18-23(2)32(22)42-34(37)31-27-11-7-8-12-29(27)35-30-14-13-26(19-28(30)31)41-21-39-16-15-38-3/h4-14,17-19H,15-16,20-21H2,1-3H3. The number of para-hydroxylation sites is 1. The highest BCUT2D eigenvalue weighted by atomic mass is 16.7. The molecule has 0 bridgehead atoms. The fourth-order valence-corrected chi connectivity index (χ4v) is 4.67. The average molecular weight is 566 g/mol. The maximum atomic E-state index is 13.8. The summed E-state index contributed by atoms with van der Waals surface area (Å²) in [6, 6.07) is 25.6. The van der Waals surface area contributed by atoms with Crippen molar-refractivity contribution in [2.75, 3.05) is 27.1 Å². The average Bonchev–Trinajstić information content (AvgIpc) is 3.00. The first-order valence-electron chi connectivity index (χ1n) is 13.5. The predicted octanol–water partition coefficient (Wildman–Crippen LogP) is 6.58. The number of pyridine rings is 1. The van der Waals surface area contributed by atoms with Crippen LogP contribution in [0, 0.1) is 13.8 Å². The summed E-state index contributed by atoms with van der Waals surface area (Å²) in [4.78, 5) is 31.3. The predicted molar refractivity (Wildman–Crippen MR) is 159 cm³/mol. The summed E-state index contributed by atoms with van der Waals surface area (Å²) in [5, 5.41) is 1.24. The smallest absolute Gasteiger partial charge is 0.344 e. The zero-order valence-electron chi connectivity index (χ0n) is 23.7. The van der Waals surface area contributed by atoms with E-state index >= 15 is 0 Å². The molecule has 1 heterocycles. The second-order valence-corrected chi connectivity index (χ2v) is 9.74. The van der Waals surface area contributed by atoms with Gasteiger partial charge in [-0.3, -0.25) is 0 Å². The zero-order chi connectivity index (χ0) is 29.5. The van der Waals surface area contributed by atoms with Crippen molar-refractivity contribution in [2.45, 2.75) is 20.5 Å². The van der Waals surface area contributed by atoms with Crippen LogP contribution in [-0.4, -0.2) is 44.0 Å². The maximum absolute atomic E-state index is 13.8. The maximum Gasteiger partial charge on any atom is 0.344 e. The molecule has 0 spiro atoms. The van der Waals surface area contributed by atoms with Crippen molar-refractivity contribution in [1.29, 1.82) is 0 Å². The van der Waals surface area contributed by atoms with Crippen molar-refractivity contribution in [2.24, 2.45) is 0 Å². The van der Waals surface area contributed by atoms with Gasteiger partial charge in [0.05, 0.1) is 35.4 Å². The van der Waals surface area contributed by atoms with Crippen LogP contribution in [0.1, 0.15) is 37.4 Å². The van der Waals surface area contributed by atoms with Gasteiger partial charge in [-0.15, -0.1) is 0 Å². The van der Waals surface area contributed by atoms with Crippen LogP contribution in [0.15, 0.2) is 84.9 Å². The number of hydrogen-bond acceptors (Lipinski definition) is 8. The number of ether oxygens (including phenoxy) is 5. The Balaban J connectivity index is 1.42. The lowest BCUT2D eigenvalue weighted by Crippen LogP contribution is -2.13. The Bertz CT molecular complexity index is 1710. The molecule has 5 aromatic rings. The Kier molecular flexibility index (Phi) is 9.06. The number of methoxy groups -OCH3 is 1. The summed E-state index contributed by atoms with van der Waals surface area (Å²) in [6.07, 6.45) is 0. The number of hydrogen-bond donors (Lipinski definition) is 0. The molecule has 0 amide bonds. The van der Waals surface area contributed by atoms with Crippen LogP contribution >= 0.6 is 0 Å². The van der Waals surface area contributed by atoms with Crippen LogP contribution in [0.4, 0.5) is 0 Å². The lowest BCUT2D eigenvalue weighted by Gasteiger charge is -2.15. The minimum absolute atomic E-state index is 0.0359. The summed E-state index contributed by atoms with van der Waals surface area (Å²) in [5.74, 6) is -0.0881. The van der Waals surface area contributed by atoms with Gasteiger partial charge in [0.2, 0.25) is 0 Å². The Labute approximate surface area is 243 Å². The summed E-state index contributed by atoms with van der Waals surface area (Å²) in [7, 11) is 1.60. The van der Waals surface area contributed by atoms with Crippen LogP contribution in [0.5, 0.6) is 11.5 Å². The van der Waals surface area contributed by atoms with E-state index in [0.29, 0.717) is 68.8 Å². The Hall–Kier alpha value is -4.79. The van der Waals surface area contributed by atoms with Gasteiger partial charge < -0.3 is 23.7 Å². The highest BCUT2D eigenvalue weighted by Crippen LogP contribution is 2.32. The van der Waals surface area contributed by atoms with E-state index in [0.717, 1.165) is 5.56 Å². The number of aromatic nitrogens is 1. The molecule has 214 valence electrons. The molecule has 0 saturated heterocycles. The Morgan fingerprint density at radius 3 is 2.24 bits per heavy atom. The first kappa shape index (κ1) is 28.7. The van der Waals surface area contributed by atoms with Crippen molar-refractivity contribution in [3.63, 3.8) is 0 Å². The van der Waals surface area contributed by atoms with Gasteiger partial charge in [0.1, 0.15) is 18.1 Å². The molecule has 0 aliphatic carbocycles. The molecule has 0 atom stereocenters. The van der Waals surface area contributed by atoms with E-state index in [1.165, 1.54) is 0 Å². The van der Waals surface area contributed by atoms with Crippen molar-refractivity contribution < 1.29 is 33.3 Å². The van der Waals surface area contributed by atoms with Crippen LogP contribution in [0.2, 0.25) is 0 Å². The zero-order valence-corrected chi connectivity index (χ0v) is 23.7. The van der Waals surface area contributed by atoms with E-state index < -0.39 is 11.9 Å². The summed E-state index contributed by atoms with van der Waals surface area (Å²) in [5.41, 5.74) is 4.21. The molecule has 8 heteroatoms. The summed E-state index contributed by atoms with van der Waals surface area (Å²) >= 11 is 0. The normalized spacial score (nSPS) is 11.0. The fraction of sp³-hybridized carbons (Fsp3) is 0.206. The first-order valence-corrected chi connectivity index (χ1v) is 13.5. The molecule has 0 saturated carbocycles. The third-order valence-electron chi connectivity index (χ3n) is 6.70.